The van der Waals surface area contributed by atoms with Gasteiger partial charge in [0.2, 0.25) is 0 Å². The van der Waals surface area contributed by atoms with Crippen molar-refractivity contribution in [3.05, 3.63) is 48.4 Å². The number of para-hydroxylation sites is 1. The van der Waals surface area contributed by atoms with Crippen molar-refractivity contribution in [3.63, 3.8) is 0 Å². The minimum absolute atomic E-state index is 0.332. The maximum atomic E-state index is 13.2. The number of benzene rings is 1. The van der Waals surface area contributed by atoms with Crippen LogP contribution in [-0.4, -0.2) is 4.98 Å². The molecule has 4 heteroatoms. The number of nitrogens with one attached hydrogen (secondary N) is 1. The third-order valence-corrected chi connectivity index (χ3v) is 1.86. The Morgan fingerprint density at radius 1 is 1.33 bits per heavy atom. The SMILES string of the molecule is Nc1c[c]nc(Nc2ccccc2F)c1. The molecule has 0 saturated carbocycles. The van der Waals surface area contributed by atoms with Crippen LogP contribution in [0.4, 0.5) is 21.6 Å². The van der Waals surface area contributed by atoms with Gasteiger partial charge in [-0.15, -0.1) is 0 Å². The first-order chi connectivity index (χ1) is 7.25. The van der Waals surface area contributed by atoms with Gasteiger partial charge in [-0.25, -0.2) is 9.37 Å². The third-order valence-electron chi connectivity index (χ3n) is 1.86. The molecule has 0 unspecified atom stereocenters. The van der Waals surface area contributed by atoms with Gasteiger partial charge in [-0.05, 0) is 18.2 Å². The zero-order valence-corrected chi connectivity index (χ0v) is 7.87. The Balaban J connectivity index is 2.26. The number of nitrogen functional groups attached to an aromatic ring is 1. The van der Waals surface area contributed by atoms with E-state index in [0.717, 1.165) is 0 Å². The van der Waals surface area contributed by atoms with E-state index in [0.29, 0.717) is 17.2 Å². The summed E-state index contributed by atoms with van der Waals surface area (Å²) >= 11 is 0. The van der Waals surface area contributed by atoms with Gasteiger partial charge < -0.3 is 11.1 Å². The first-order valence-corrected chi connectivity index (χ1v) is 4.41. The number of rotatable bonds is 2. The summed E-state index contributed by atoms with van der Waals surface area (Å²) in [5.41, 5.74) is 6.44. The van der Waals surface area contributed by atoms with E-state index in [9.17, 15) is 4.39 Å². The molecule has 0 amide bonds. The minimum atomic E-state index is -0.332. The molecule has 2 aromatic rings. The van der Waals surface area contributed by atoms with Crippen molar-refractivity contribution in [1.82, 2.24) is 4.98 Å². The molecule has 0 saturated heterocycles. The van der Waals surface area contributed by atoms with E-state index in [1.165, 1.54) is 6.07 Å². The van der Waals surface area contributed by atoms with Gasteiger partial charge in [-0.3, -0.25) is 0 Å². The summed E-state index contributed by atoms with van der Waals surface area (Å²) in [5, 5.41) is 2.82. The molecule has 3 N–H and O–H groups in total. The topological polar surface area (TPSA) is 50.9 Å². The van der Waals surface area contributed by atoms with Crippen molar-refractivity contribution in [3.8, 4) is 0 Å². The maximum Gasteiger partial charge on any atom is 0.146 e. The quantitative estimate of drug-likeness (QED) is 0.785. The summed E-state index contributed by atoms with van der Waals surface area (Å²) in [6.45, 7) is 0. The van der Waals surface area contributed by atoms with Crippen molar-refractivity contribution in [1.29, 1.82) is 0 Å². The lowest BCUT2D eigenvalue weighted by atomic mass is 10.3. The molecule has 2 rings (SSSR count). The lowest BCUT2D eigenvalue weighted by molar-refractivity contribution is 0.632. The molecule has 1 heterocycles. The highest BCUT2D eigenvalue weighted by Crippen LogP contribution is 2.18. The van der Waals surface area contributed by atoms with Gasteiger partial charge in [-0.2, -0.15) is 0 Å². The van der Waals surface area contributed by atoms with Gasteiger partial charge in [0.05, 0.1) is 11.9 Å². The van der Waals surface area contributed by atoms with Crippen LogP contribution in [-0.2, 0) is 0 Å². The van der Waals surface area contributed by atoms with Gasteiger partial charge in [0.15, 0.2) is 0 Å². The Bertz CT molecular complexity index is 471. The first kappa shape index (κ1) is 9.45. The van der Waals surface area contributed by atoms with E-state index >= 15 is 0 Å². The lowest BCUT2D eigenvalue weighted by Gasteiger charge is -2.06. The molecule has 0 aliphatic carbocycles. The predicted molar refractivity (Wildman–Crippen MR) is 57.2 cm³/mol. The molecule has 1 radical (unpaired) electrons. The second-order valence-electron chi connectivity index (χ2n) is 3.02. The normalized spacial score (nSPS) is 9.93. The molecule has 1 aromatic carbocycles. The van der Waals surface area contributed by atoms with Crippen LogP contribution >= 0.6 is 0 Å². The average Bonchev–Trinajstić information content (AvgIpc) is 2.22. The first-order valence-electron chi connectivity index (χ1n) is 4.41. The Kier molecular flexibility index (Phi) is 2.49. The summed E-state index contributed by atoms with van der Waals surface area (Å²) in [6.07, 6.45) is 2.61. The summed E-state index contributed by atoms with van der Waals surface area (Å²) in [7, 11) is 0. The number of hydrogen-bond acceptors (Lipinski definition) is 3. The standard InChI is InChI=1S/C11H9FN3/c12-9-3-1-2-4-10(9)15-11-7-8(13)5-6-14-11/h1-5,7H,(H3,13,14,15). The van der Waals surface area contributed by atoms with Crippen molar-refractivity contribution in [2.24, 2.45) is 0 Å². The second-order valence-corrected chi connectivity index (χ2v) is 3.02. The smallest absolute Gasteiger partial charge is 0.146 e. The summed E-state index contributed by atoms with van der Waals surface area (Å²) in [6, 6.07) is 9.52. The van der Waals surface area contributed by atoms with Crippen LogP contribution in [0.25, 0.3) is 0 Å². The van der Waals surface area contributed by atoms with E-state index in [4.69, 9.17) is 5.73 Å². The summed E-state index contributed by atoms with van der Waals surface area (Å²) < 4.78 is 13.2. The van der Waals surface area contributed by atoms with Crippen molar-refractivity contribution < 1.29 is 4.39 Å². The fourth-order valence-electron chi connectivity index (χ4n) is 1.17. The molecule has 0 spiro atoms. The average molecular weight is 202 g/mol. The molecule has 1 aromatic heterocycles. The Morgan fingerprint density at radius 2 is 2.13 bits per heavy atom. The van der Waals surface area contributed by atoms with E-state index in [-0.39, 0.29) is 5.82 Å². The molecular formula is C11H9FN3. The molecule has 3 nitrogen and oxygen atoms in total. The zero-order valence-electron chi connectivity index (χ0n) is 7.87. The molecule has 15 heavy (non-hydrogen) atoms. The molecule has 0 atom stereocenters. The van der Waals surface area contributed by atoms with E-state index in [1.807, 2.05) is 0 Å². The number of anilines is 3. The monoisotopic (exact) mass is 202 g/mol. The highest BCUT2D eigenvalue weighted by Gasteiger charge is 2.01. The minimum Gasteiger partial charge on any atom is -0.399 e. The largest absolute Gasteiger partial charge is 0.399 e. The highest BCUT2D eigenvalue weighted by atomic mass is 19.1. The number of nitrogens with zero attached hydrogens (tertiary/aromatic N) is 1. The fraction of sp³-hybridized carbons (Fsp3) is 0. The van der Waals surface area contributed by atoms with Crippen LogP contribution in [0, 0.1) is 12.0 Å². The Morgan fingerprint density at radius 3 is 2.87 bits per heavy atom. The fourth-order valence-corrected chi connectivity index (χ4v) is 1.17. The third kappa shape index (κ3) is 2.22. The van der Waals surface area contributed by atoms with E-state index in [2.05, 4.69) is 16.5 Å². The van der Waals surface area contributed by atoms with Crippen LogP contribution in [0.1, 0.15) is 0 Å². The molecule has 0 aliphatic rings. The van der Waals surface area contributed by atoms with Gasteiger partial charge in [0.1, 0.15) is 11.6 Å². The van der Waals surface area contributed by atoms with Crippen LogP contribution in [0.3, 0.4) is 0 Å². The number of pyridine rings is 1. The zero-order chi connectivity index (χ0) is 10.7. The Labute approximate surface area is 86.8 Å². The van der Waals surface area contributed by atoms with Gasteiger partial charge in [-0.1, -0.05) is 12.1 Å². The summed E-state index contributed by atoms with van der Waals surface area (Å²) in [4.78, 5) is 3.89. The molecule has 0 aliphatic heterocycles. The molecule has 75 valence electrons. The maximum absolute atomic E-state index is 13.2. The molecule has 0 fully saturated rings. The van der Waals surface area contributed by atoms with Gasteiger partial charge in [0, 0.05) is 11.8 Å². The number of halogens is 1. The van der Waals surface area contributed by atoms with Crippen molar-refractivity contribution in [2.75, 3.05) is 11.1 Å². The number of nitrogens with two attached hydrogens (primary N) is 1. The van der Waals surface area contributed by atoms with Crippen LogP contribution < -0.4 is 11.1 Å². The van der Waals surface area contributed by atoms with Gasteiger partial charge >= 0.3 is 0 Å². The lowest BCUT2D eigenvalue weighted by Crippen LogP contribution is -1.97. The van der Waals surface area contributed by atoms with Gasteiger partial charge in [0.25, 0.3) is 0 Å². The van der Waals surface area contributed by atoms with Crippen molar-refractivity contribution in [2.45, 2.75) is 0 Å². The van der Waals surface area contributed by atoms with E-state index < -0.39 is 0 Å². The highest BCUT2D eigenvalue weighted by molar-refractivity contribution is 5.59. The molecule has 0 bridgehead atoms. The predicted octanol–water partition coefficient (Wildman–Crippen LogP) is 2.35. The van der Waals surface area contributed by atoms with Crippen LogP contribution in [0.5, 0.6) is 0 Å². The number of hydrogen-bond donors (Lipinski definition) is 2. The van der Waals surface area contributed by atoms with Crippen LogP contribution in [0.2, 0.25) is 0 Å². The Hall–Kier alpha value is -2.10. The summed E-state index contributed by atoms with van der Waals surface area (Å²) in [5.74, 6) is 0.141. The second kappa shape index (κ2) is 3.96. The van der Waals surface area contributed by atoms with E-state index in [1.54, 1.807) is 30.3 Å². The van der Waals surface area contributed by atoms with Crippen molar-refractivity contribution >= 4 is 17.2 Å². The molecular weight excluding hydrogens is 193 g/mol. The number of aromatic nitrogens is 1. The van der Waals surface area contributed by atoms with Crippen LogP contribution in [0.15, 0.2) is 36.4 Å².